The Morgan fingerprint density at radius 2 is 2.12 bits per heavy atom. The molecule has 2 aromatic heterocycles. The SMILES string of the molecule is Cn1cccc1C(=O)N1Cc2ncn(C)c2CC1COCC1CC1. The lowest BCUT2D eigenvalue weighted by molar-refractivity contribution is 0.0329. The van der Waals surface area contributed by atoms with E-state index in [0.29, 0.717) is 18.8 Å². The Kier molecular flexibility index (Phi) is 3.92. The number of nitrogens with zero attached hydrogens (tertiary/aromatic N) is 4. The molecule has 1 saturated carbocycles. The van der Waals surface area contributed by atoms with E-state index in [-0.39, 0.29) is 11.9 Å². The molecule has 0 radical (unpaired) electrons. The van der Waals surface area contributed by atoms with Crippen molar-refractivity contribution in [1.29, 1.82) is 0 Å². The van der Waals surface area contributed by atoms with E-state index in [0.717, 1.165) is 24.6 Å². The number of hydrogen-bond donors (Lipinski definition) is 0. The van der Waals surface area contributed by atoms with Gasteiger partial charge in [0.05, 0.1) is 31.2 Å². The first-order valence-electron chi connectivity index (χ1n) is 8.62. The molecule has 4 rings (SSSR count). The zero-order valence-electron chi connectivity index (χ0n) is 14.3. The zero-order chi connectivity index (χ0) is 16.7. The van der Waals surface area contributed by atoms with Gasteiger partial charge < -0.3 is 18.8 Å². The molecule has 0 N–H and O–H groups in total. The second-order valence-corrected chi connectivity index (χ2v) is 7.03. The molecule has 2 aromatic rings. The summed E-state index contributed by atoms with van der Waals surface area (Å²) in [5.41, 5.74) is 2.92. The molecule has 3 heterocycles. The van der Waals surface area contributed by atoms with Crippen LogP contribution in [0.1, 0.15) is 34.7 Å². The van der Waals surface area contributed by atoms with Gasteiger partial charge in [-0.25, -0.2) is 4.98 Å². The average Bonchev–Trinajstić information content (AvgIpc) is 3.19. The van der Waals surface area contributed by atoms with E-state index in [2.05, 4.69) is 9.55 Å². The fraction of sp³-hybridized carbons (Fsp3) is 0.556. The summed E-state index contributed by atoms with van der Waals surface area (Å²) in [5, 5.41) is 0. The molecule has 6 nitrogen and oxygen atoms in total. The van der Waals surface area contributed by atoms with E-state index in [1.54, 1.807) is 0 Å². The van der Waals surface area contributed by atoms with Crippen molar-refractivity contribution < 1.29 is 9.53 Å². The van der Waals surface area contributed by atoms with Crippen LogP contribution in [0.15, 0.2) is 24.7 Å². The number of hydrogen-bond acceptors (Lipinski definition) is 3. The van der Waals surface area contributed by atoms with Crippen LogP contribution in [0, 0.1) is 5.92 Å². The standard InChI is InChI=1S/C18H24N4O2/c1-20-7-3-4-16(20)18(23)22-9-15-17(21(2)12-19-15)8-14(22)11-24-10-13-5-6-13/h3-4,7,12-14H,5-6,8-11H2,1-2H3. The molecule has 2 aliphatic rings. The molecule has 128 valence electrons. The summed E-state index contributed by atoms with van der Waals surface area (Å²) in [6.07, 6.45) is 7.10. The van der Waals surface area contributed by atoms with Crippen molar-refractivity contribution >= 4 is 5.91 Å². The number of aryl methyl sites for hydroxylation is 2. The predicted molar refractivity (Wildman–Crippen MR) is 89.5 cm³/mol. The maximum Gasteiger partial charge on any atom is 0.271 e. The van der Waals surface area contributed by atoms with Crippen LogP contribution in [0.3, 0.4) is 0 Å². The molecule has 1 amide bonds. The number of amides is 1. The van der Waals surface area contributed by atoms with Gasteiger partial charge >= 0.3 is 0 Å². The lowest BCUT2D eigenvalue weighted by Crippen LogP contribution is -2.47. The fourth-order valence-corrected chi connectivity index (χ4v) is 3.39. The molecule has 1 fully saturated rings. The minimum absolute atomic E-state index is 0.0545. The number of aromatic nitrogens is 3. The van der Waals surface area contributed by atoms with Crippen LogP contribution in [0.4, 0.5) is 0 Å². The third-order valence-electron chi connectivity index (χ3n) is 5.12. The topological polar surface area (TPSA) is 52.3 Å². The van der Waals surface area contributed by atoms with Gasteiger partial charge in [-0.3, -0.25) is 4.79 Å². The average molecular weight is 328 g/mol. The Bertz CT molecular complexity index is 744. The first kappa shape index (κ1) is 15.4. The number of fused-ring (bicyclic) bond motifs is 1. The minimum Gasteiger partial charge on any atom is -0.379 e. The Balaban J connectivity index is 1.55. The van der Waals surface area contributed by atoms with E-state index in [1.807, 2.05) is 48.2 Å². The van der Waals surface area contributed by atoms with Crippen LogP contribution < -0.4 is 0 Å². The third-order valence-corrected chi connectivity index (χ3v) is 5.12. The highest BCUT2D eigenvalue weighted by molar-refractivity contribution is 5.93. The lowest BCUT2D eigenvalue weighted by atomic mass is 10.0. The van der Waals surface area contributed by atoms with Crippen LogP contribution in [-0.2, 0) is 31.8 Å². The van der Waals surface area contributed by atoms with Gasteiger partial charge in [-0.2, -0.15) is 0 Å². The Labute approximate surface area is 142 Å². The first-order chi connectivity index (χ1) is 11.6. The van der Waals surface area contributed by atoms with Crippen molar-refractivity contribution in [3.63, 3.8) is 0 Å². The Hall–Kier alpha value is -2.08. The lowest BCUT2D eigenvalue weighted by Gasteiger charge is -2.35. The van der Waals surface area contributed by atoms with E-state index < -0.39 is 0 Å². The summed E-state index contributed by atoms with van der Waals surface area (Å²) in [7, 11) is 3.92. The highest BCUT2D eigenvalue weighted by Crippen LogP contribution is 2.29. The highest BCUT2D eigenvalue weighted by Gasteiger charge is 2.34. The molecule has 1 aliphatic carbocycles. The van der Waals surface area contributed by atoms with Gasteiger partial charge in [0.2, 0.25) is 0 Å². The number of ether oxygens (including phenoxy) is 1. The fourth-order valence-electron chi connectivity index (χ4n) is 3.39. The van der Waals surface area contributed by atoms with Crippen LogP contribution in [0.2, 0.25) is 0 Å². The smallest absolute Gasteiger partial charge is 0.271 e. The molecular formula is C18H24N4O2. The predicted octanol–water partition coefficient (Wildman–Crippen LogP) is 1.75. The van der Waals surface area contributed by atoms with Gasteiger partial charge in [-0.15, -0.1) is 0 Å². The van der Waals surface area contributed by atoms with E-state index in [1.165, 1.54) is 18.5 Å². The van der Waals surface area contributed by atoms with Crippen molar-refractivity contribution in [2.24, 2.45) is 20.0 Å². The Morgan fingerprint density at radius 3 is 2.83 bits per heavy atom. The maximum absolute atomic E-state index is 13.0. The largest absolute Gasteiger partial charge is 0.379 e. The molecule has 24 heavy (non-hydrogen) atoms. The van der Waals surface area contributed by atoms with Crippen LogP contribution in [0.25, 0.3) is 0 Å². The summed E-state index contributed by atoms with van der Waals surface area (Å²) >= 11 is 0. The quantitative estimate of drug-likeness (QED) is 0.840. The van der Waals surface area contributed by atoms with Crippen molar-refractivity contribution in [2.75, 3.05) is 13.2 Å². The highest BCUT2D eigenvalue weighted by atomic mass is 16.5. The normalized spacial score (nSPS) is 20.2. The molecule has 1 unspecified atom stereocenters. The van der Waals surface area contributed by atoms with Gasteiger partial charge in [-0.05, 0) is 30.9 Å². The van der Waals surface area contributed by atoms with Gasteiger partial charge in [0, 0.05) is 39.0 Å². The molecule has 0 bridgehead atoms. The molecule has 6 heteroatoms. The number of imidazole rings is 1. The van der Waals surface area contributed by atoms with Gasteiger partial charge in [-0.1, -0.05) is 0 Å². The molecule has 1 aliphatic heterocycles. The van der Waals surface area contributed by atoms with Crippen molar-refractivity contribution in [3.8, 4) is 0 Å². The molecule has 0 aromatic carbocycles. The second kappa shape index (κ2) is 6.09. The number of carbonyl (C=O) groups is 1. The van der Waals surface area contributed by atoms with Gasteiger partial charge in [0.1, 0.15) is 5.69 Å². The van der Waals surface area contributed by atoms with Crippen molar-refractivity contribution in [2.45, 2.75) is 31.8 Å². The summed E-state index contributed by atoms with van der Waals surface area (Å²) < 4.78 is 9.86. The summed E-state index contributed by atoms with van der Waals surface area (Å²) in [6, 6.07) is 3.84. The third kappa shape index (κ3) is 2.86. The summed E-state index contributed by atoms with van der Waals surface area (Å²) in [4.78, 5) is 19.4. The van der Waals surface area contributed by atoms with Gasteiger partial charge in [0.25, 0.3) is 5.91 Å². The molecular weight excluding hydrogens is 304 g/mol. The van der Waals surface area contributed by atoms with Crippen LogP contribution in [0.5, 0.6) is 0 Å². The molecule has 0 spiro atoms. The number of rotatable bonds is 5. The summed E-state index contributed by atoms with van der Waals surface area (Å²) in [5.74, 6) is 0.789. The second-order valence-electron chi connectivity index (χ2n) is 7.03. The van der Waals surface area contributed by atoms with Crippen molar-refractivity contribution in [1.82, 2.24) is 19.0 Å². The summed E-state index contributed by atoms with van der Waals surface area (Å²) in [6.45, 7) is 1.97. The maximum atomic E-state index is 13.0. The zero-order valence-corrected chi connectivity index (χ0v) is 14.3. The minimum atomic E-state index is 0.0545. The van der Waals surface area contributed by atoms with Crippen LogP contribution >= 0.6 is 0 Å². The van der Waals surface area contributed by atoms with Crippen molar-refractivity contribution in [3.05, 3.63) is 41.7 Å². The Morgan fingerprint density at radius 1 is 1.29 bits per heavy atom. The van der Waals surface area contributed by atoms with E-state index >= 15 is 0 Å². The van der Waals surface area contributed by atoms with E-state index in [4.69, 9.17) is 4.74 Å². The first-order valence-corrected chi connectivity index (χ1v) is 8.62. The van der Waals surface area contributed by atoms with Gasteiger partial charge in [0.15, 0.2) is 0 Å². The van der Waals surface area contributed by atoms with Crippen LogP contribution in [-0.4, -0.2) is 44.2 Å². The molecule has 0 saturated heterocycles. The number of carbonyl (C=O) groups excluding carboxylic acids is 1. The van der Waals surface area contributed by atoms with E-state index in [9.17, 15) is 4.79 Å². The molecule has 1 atom stereocenters. The monoisotopic (exact) mass is 328 g/mol.